The Morgan fingerprint density at radius 3 is 2.71 bits per heavy atom. The zero-order valence-corrected chi connectivity index (χ0v) is 13.8. The third kappa shape index (κ3) is 4.29. The van der Waals surface area contributed by atoms with Gasteiger partial charge in [-0.25, -0.2) is 4.98 Å². The summed E-state index contributed by atoms with van der Waals surface area (Å²) in [6, 6.07) is 7.86. The highest BCUT2D eigenvalue weighted by Crippen LogP contribution is 2.30. The van der Waals surface area contributed by atoms with Gasteiger partial charge in [-0.15, -0.1) is 11.3 Å². The molecule has 0 unspecified atom stereocenters. The molecular weight excluding hydrogens is 304 g/mol. The van der Waals surface area contributed by atoms with Crippen LogP contribution in [0.25, 0.3) is 10.6 Å². The number of nitrogens with zero attached hydrogens (tertiary/aromatic N) is 1. The molecule has 0 aliphatic rings. The SMILES string of the molecule is CCC(CC)NC(=O)Cc1csc(-c2ccccc2Cl)n1. The summed E-state index contributed by atoms with van der Waals surface area (Å²) in [6.45, 7) is 4.15. The Kier molecular flexibility index (Phi) is 5.76. The van der Waals surface area contributed by atoms with Crippen LogP contribution in [-0.4, -0.2) is 16.9 Å². The second-order valence-electron chi connectivity index (χ2n) is 4.88. The number of benzene rings is 1. The lowest BCUT2D eigenvalue weighted by Crippen LogP contribution is -2.34. The van der Waals surface area contributed by atoms with Crippen molar-refractivity contribution in [3.05, 3.63) is 40.4 Å². The third-order valence-electron chi connectivity index (χ3n) is 3.35. The lowest BCUT2D eigenvalue weighted by Gasteiger charge is -2.13. The summed E-state index contributed by atoms with van der Waals surface area (Å²) in [5, 5.41) is 6.48. The van der Waals surface area contributed by atoms with Crippen LogP contribution in [0.3, 0.4) is 0 Å². The number of hydrogen-bond donors (Lipinski definition) is 1. The van der Waals surface area contributed by atoms with Gasteiger partial charge in [0.1, 0.15) is 5.01 Å². The second kappa shape index (κ2) is 7.57. The Bertz CT molecular complexity index is 608. The molecule has 0 saturated carbocycles. The summed E-state index contributed by atoms with van der Waals surface area (Å²) < 4.78 is 0. The first-order valence-corrected chi connectivity index (χ1v) is 8.38. The van der Waals surface area contributed by atoms with Crippen molar-refractivity contribution in [1.82, 2.24) is 10.3 Å². The van der Waals surface area contributed by atoms with E-state index in [2.05, 4.69) is 24.1 Å². The van der Waals surface area contributed by atoms with E-state index in [1.165, 1.54) is 11.3 Å². The number of carbonyl (C=O) groups is 1. The number of carbonyl (C=O) groups excluding carboxylic acids is 1. The molecule has 0 spiro atoms. The van der Waals surface area contributed by atoms with Crippen LogP contribution in [-0.2, 0) is 11.2 Å². The standard InChI is InChI=1S/C16H19ClN2OS/c1-3-11(4-2)18-15(20)9-12-10-21-16(19-12)13-7-5-6-8-14(13)17/h5-8,10-11H,3-4,9H2,1-2H3,(H,18,20). The van der Waals surface area contributed by atoms with Gasteiger partial charge >= 0.3 is 0 Å². The van der Waals surface area contributed by atoms with Crippen molar-refractivity contribution in [2.45, 2.75) is 39.2 Å². The largest absolute Gasteiger partial charge is 0.353 e. The van der Waals surface area contributed by atoms with Gasteiger partial charge in [-0.2, -0.15) is 0 Å². The first-order valence-electron chi connectivity index (χ1n) is 7.12. The van der Waals surface area contributed by atoms with Crippen molar-refractivity contribution < 1.29 is 4.79 Å². The molecule has 112 valence electrons. The maximum atomic E-state index is 12.0. The molecule has 1 aromatic carbocycles. The molecule has 0 radical (unpaired) electrons. The van der Waals surface area contributed by atoms with Gasteiger partial charge in [-0.3, -0.25) is 4.79 Å². The van der Waals surface area contributed by atoms with E-state index in [-0.39, 0.29) is 11.9 Å². The number of halogens is 1. The Hall–Kier alpha value is -1.39. The van der Waals surface area contributed by atoms with Crippen LogP contribution in [0.5, 0.6) is 0 Å². The highest BCUT2D eigenvalue weighted by Gasteiger charge is 2.13. The first-order chi connectivity index (χ1) is 10.1. The number of hydrogen-bond acceptors (Lipinski definition) is 3. The lowest BCUT2D eigenvalue weighted by atomic mass is 10.1. The topological polar surface area (TPSA) is 42.0 Å². The molecule has 0 aliphatic carbocycles. The van der Waals surface area contributed by atoms with Crippen molar-refractivity contribution in [3.8, 4) is 10.6 Å². The van der Waals surface area contributed by atoms with Crippen LogP contribution in [0.1, 0.15) is 32.4 Å². The van der Waals surface area contributed by atoms with Gasteiger partial charge in [0.15, 0.2) is 0 Å². The van der Waals surface area contributed by atoms with E-state index in [1.807, 2.05) is 29.6 Å². The summed E-state index contributed by atoms with van der Waals surface area (Å²) in [6.07, 6.45) is 2.21. The van der Waals surface area contributed by atoms with Gasteiger partial charge in [0.05, 0.1) is 17.1 Å². The lowest BCUT2D eigenvalue weighted by molar-refractivity contribution is -0.121. The van der Waals surface area contributed by atoms with E-state index >= 15 is 0 Å². The third-order valence-corrected chi connectivity index (χ3v) is 4.60. The highest BCUT2D eigenvalue weighted by atomic mass is 35.5. The molecule has 2 aromatic rings. The van der Waals surface area contributed by atoms with E-state index in [0.29, 0.717) is 11.4 Å². The van der Waals surface area contributed by atoms with E-state index in [0.717, 1.165) is 29.1 Å². The molecular formula is C16H19ClN2OS. The van der Waals surface area contributed by atoms with Crippen LogP contribution < -0.4 is 5.32 Å². The number of aromatic nitrogens is 1. The van der Waals surface area contributed by atoms with Gasteiger partial charge in [0.25, 0.3) is 0 Å². The Morgan fingerprint density at radius 1 is 1.33 bits per heavy atom. The van der Waals surface area contributed by atoms with Crippen molar-refractivity contribution in [3.63, 3.8) is 0 Å². The van der Waals surface area contributed by atoms with Crippen LogP contribution in [0.15, 0.2) is 29.6 Å². The smallest absolute Gasteiger partial charge is 0.226 e. The summed E-state index contributed by atoms with van der Waals surface area (Å²) in [7, 11) is 0. The first kappa shape index (κ1) is 16.0. The van der Waals surface area contributed by atoms with Crippen LogP contribution >= 0.6 is 22.9 Å². The minimum atomic E-state index is 0.0275. The molecule has 0 saturated heterocycles. The molecule has 1 N–H and O–H groups in total. The van der Waals surface area contributed by atoms with Crippen LogP contribution in [0.4, 0.5) is 0 Å². The van der Waals surface area contributed by atoms with E-state index in [1.54, 1.807) is 0 Å². The fourth-order valence-corrected chi connectivity index (χ4v) is 3.22. The van der Waals surface area contributed by atoms with E-state index < -0.39 is 0 Å². The van der Waals surface area contributed by atoms with Crippen molar-refractivity contribution in [2.24, 2.45) is 0 Å². The van der Waals surface area contributed by atoms with Crippen molar-refractivity contribution >= 4 is 28.8 Å². The van der Waals surface area contributed by atoms with Gasteiger partial charge in [-0.05, 0) is 18.9 Å². The second-order valence-corrected chi connectivity index (χ2v) is 6.15. The van der Waals surface area contributed by atoms with Crippen molar-refractivity contribution in [2.75, 3.05) is 0 Å². The quantitative estimate of drug-likeness (QED) is 0.861. The molecule has 1 amide bonds. The summed E-state index contributed by atoms with van der Waals surface area (Å²) in [4.78, 5) is 16.5. The molecule has 21 heavy (non-hydrogen) atoms. The highest BCUT2D eigenvalue weighted by molar-refractivity contribution is 7.13. The summed E-state index contributed by atoms with van der Waals surface area (Å²) in [5.74, 6) is 0.0275. The molecule has 3 nitrogen and oxygen atoms in total. The number of rotatable bonds is 6. The zero-order chi connectivity index (χ0) is 15.2. The van der Waals surface area contributed by atoms with Crippen molar-refractivity contribution in [1.29, 1.82) is 0 Å². The Balaban J connectivity index is 2.04. The van der Waals surface area contributed by atoms with Crippen LogP contribution in [0, 0.1) is 0 Å². The van der Waals surface area contributed by atoms with E-state index in [9.17, 15) is 4.79 Å². The number of thiazole rings is 1. The zero-order valence-electron chi connectivity index (χ0n) is 12.2. The normalized spacial score (nSPS) is 10.9. The minimum Gasteiger partial charge on any atom is -0.353 e. The molecule has 0 atom stereocenters. The maximum absolute atomic E-state index is 12.0. The van der Waals surface area contributed by atoms with E-state index in [4.69, 9.17) is 11.6 Å². The molecule has 2 rings (SSSR count). The fraction of sp³-hybridized carbons (Fsp3) is 0.375. The number of nitrogens with one attached hydrogen (secondary N) is 1. The summed E-state index contributed by atoms with van der Waals surface area (Å²) in [5.41, 5.74) is 1.70. The predicted molar refractivity (Wildman–Crippen MR) is 88.8 cm³/mol. The van der Waals surface area contributed by atoms with Gasteiger partial charge in [-0.1, -0.05) is 43.6 Å². The molecule has 0 bridgehead atoms. The van der Waals surface area contributed by atoms with Gasteiger partial charge < -0.3 is 5.32 Å². The number of amides is 1. The van der Waals surface area contributed by atoms with Gasteiger partial charge in [0, 0.05) is 17.0 Å². The fourth-order valence-electron chi connectivity index (χ4n) is 2.08. The van der Waals surface area contributed by atoms with Crippen LogP contribution in [0.2, 0.25) is 5.02 Å². The summed E-state index contributed by atoms with van der Waals surface area (Å²) >= 11 is 7.68. The Labute approximate surface area is 134 Å². The molecule has 1 heterocycles. The Morgan fingerprint density at radius 2 is 2.05 bits per heavy atom. The average Bonchev–Trinajstić information content (AvgIpc) is 2.93. The molecule has 1 aromatic heterocycles. The van der Waals surface area contributed by atoms with Gasteiger partial charge in [0.2, 0.25) is 5.91 Å². The predicted octanol–water partition coefficient (Wildman–Crippen LogP) is 4.31. The maximum Gasteiger partial charge on any atom is 0.226 e. The monoisotopic (exact) mass is 322 g/mol. The molecule has 5 heteroatoms. The minimum absolute atomic E-state index is 0.0275. The molecule has 0 fully saturated rings. The average molecular weight is 323 g/mol. The molecule has 0 aliphatic heterocycles.